The highest BCUT2D eigenvalue weighted by molar-refractivity contribution is 6.10. The number of aliphatic hydroxyl groups is 1. The molecule has 3 N–H and O–H groups in total. The Balaban J connectivity index is 1.72. The van der Waals surface area contributed by atoms with Gasteiger partial charge in [0.2, 0.25) is 0 Å². The van der Waals surface area contributed by atoms with Crippen molar-refractivity contribution in [2.45, 2.75) is 18.9 Å². The number of hydrogen-bond donors (Lipinski definition) is 2. The third-order valence-electron chi connectivity index (χ3n) is 5.11. The molecular weight excluding hydrogens is 352 g/mol. The maximum absolute atomic E-state index is 9.74. The first-order valence-corrected chi connectivity index (χ1v) is 9.41. The van der Waals surface area contributed by atoms with E-state index in [9.17, 15) is 5.11 Å². The van der Waals surface area contributed by atoms with E-state index in [1.165, 1.54) is 0 Å². The Labute approximate surface area is 163 Å². The summed E-state index contributed by atoms with van der Waals surface area (Å²) in [5.74, 6) is 0.907. The third kappa shape index (κ3) is 3.48. The van der Waals surface area contributed by atoms with E-state index in [0.29, 0.717) is 0 Å². The van der Waals surface area contributed by atoms with Crippen molar-refractivity contribution in [3.8, 4) is 5.69 Å². The number of fused-ring (bicyclic) bond motifs is 1. The normalized spacial score (nSPS) is 16.4. The van der Waals surface area contributed by atoms with Crippen LogP contribution in [0.15, 0.2) is 53.9 Å². The van der Waals surface area contributed by atoms with E-state index in [4.69, 9.17) is 5.73 Å². The number of rotatable bonds is 4. The number of aliphatic hydroxyl groups excluding tert-OH is 1. The Hall–Kier alpha value is -3.19. The van der Waals surface area contributed by atoms with Gasteiger partial charge in [0.15, 0.2) is 0 Å². The van der Waals surface area contributed by atoms with Gasteiger partial charge in [-0.1, -0.05) is 12.1 Å². The summed E-state index contributed by atoms with van der Waals surface area (Å²) in [5, 5.41) is 15.4. The number of pyridine rings is 1. The zero-order valence-electron chi connectivity index (χ0n) is 15.9. The molecule has 2 aromatic heterocycles. The molecule has 3 heterocycles. The third-order valence-corrected chi connectivity index (χ3v) is 5.11. The quantitative estimate of drug-likeness (QED) is 0.682. The first-order chi connectivity index (χ1) is 13.7. The van der Waals surface area contributed by atoms with Gasteiger partial charge in [-0.25, -0.2) is 9.67 Å². The second-order valence-electron chi connectivity index (χ2n) is 6.93. The van der Waals surface area contributed by atoms with E-state index in [1.54, 1.807) is 19.5 Å². The summed E-state index contributed by atoms with van der Waals surface area (Å²) >= 11 is 0. The lowest BCUT2D eigenvalue weighted by molar-refractivity contribution is 0.145. The van der Waals surface area contributed by atoms with Gasteiger partial charge in [-0.2, -0.15) is 5.10 Å². The number of benzene rings is 1. The van der Waals surface area contributed by atoms with Gasteiger partial charge in [0.25, 0.3) is 0 Å². The summed E-state index contributed by atoms with van der Waals surface area (Å²) in [5.41, 5.74) is 9.56. The number of hydrogen-bond acceptors (Lipinski definition) is 6. The second-order valence-corrected chi connectivity index (χ2v) is 6.93. The van der Waals surface area contributed by atoms with Gasteiger partial charge in [0, 0.05) is 55.8 Å². The van der Waals surface area contributed by atoms with Crippen molar-refractivity contribution in [3.05, 3.63) is 54.5 Å². The number of anilines is 1. The van der Waals surface area contributed by atoms with Crippen LogP contribution in [0.3, 0.4) is 0 Å². The Morgan fingerprint density at radius 3 is 2.82 bits per heavy atom. The van der Waals surface area contributed by atoms with Gasteiger partial charge in [-0.15, -0.1) is 0 Å². The maximum atomic E-state index is 9.74. The van der Waals surface area contributed by atoms with Crippen LogP contribution in [-0.4, -0.2) is 52.3 Å². The molecule has 1 aliphatic heterocycles. The first kappa shape index (κ1) is 18.2. The van der Waals surface area contributed by atoms with Crippen molar-refractivity contribution in [3.63, 3.8) is 0 Å². The Bertz CT molecular complexity index is 1030. The van der Waals surface area contributed by atoms with Crippen LogP contribution in [0.5, 0.6) is 0 Å². The number of aliphatic imine (C=N–C) groups is 1. The largest absolute Gasteiger partial charge is 0.404 e. The Morgan fingerprint density at radius 2 is 2.07 bits per heavy atom. The van der Waals surface area contributed by atoms with Crippen LogP contribution in [-0.2, 0) is 0 Å². The van der Waals surface area contributed by atoms with Crippen molar-refractivity contribution in [2.75, 3.05) is 25.0 Å². The van der Waals surface area contributed by atoms with E-state index in [2.05, 4.69) is 26.0 Å². The van der Waals surface area contributed by atoms with Gasteiger partial charge in [0.1, 0.15) is 5.82 Å². The predicted octanol–water partition coefficient (Wildman–Crippen LogP) is 2.38. The molecule has 7 nitrogen and oxygen atoms in total. The minimum atomic E-state index is -0.204. The molecular formula is C21H24N6O. The first-order valence-electron chi connectivity index (χ1n) is 9.41. The van der Waals surface area contributed by atoms with E-state index >= 15 is 0 Å². The molecule has 1 saturated heterocycles. The average Bonchev–Trinajstić information content (AvgIpc) is 3.16. The van der Waals surface area contributed by atoms with Crippen molar-refractivity contribution < 1.29 is 5.11 Å². The number of allylic oxidation sites excluding steroid dienone is 1. The van der Waals surface area contributed by atoms with Crippen LogP contribution in [0.1, 0.15) is 18.4 Å². The summed E-state index contributed by atoms with van der Waals surface area (Å²) in [6.45, 7) is 1.62. The van der Waals surface area contributed by atoms with Gasteiger partial charge in [-0.3, -0.25) is 4.99 Å². The summed E-state index contributed by atoms with van der Waals surface area (Å²) in [7, 11) is 1.73. The molecule has 7 heteroatoms. The molecule has 1 aromatic carbocycles. The summed E-state index contributed by atoms with van der Waals surface area (Å²) in [6.07, 6.45) is 8.31. The molecule has 0 unspecified atom stereocenters. The van der Waals surface area contributed by atoms with E-state index in [-0.39, 0.29) is 6.10 Å². The topological polar surface area (TPSA) is 92.6 Å². The average molecular weight is 376 g/mol. The minimum Gasteiger partial charge on any atom is -0.404 e. The van der Waals surface area contributed by atoms with Crippen LogP contribution in [0, 0.1) is 0 Å². The zero-order valence-corrected chi connectivity index (χ0v) is 15.9. The number of aromatic nitrogens is 3. The Kier molecular flexibility index (Phi) is 5.08. The molecule has 0 aliphatic carbocycles. The fourth-order valence-corrected chi connectivity index (χ4v) is 3.56. The van der Waals surface area contributed by atoms with Gasteiger partial charge in [0.05, 0.1) is 23.5 Å². The molecule has 144 valence electrons. The molecule has 0 bridgehead atoms. The van der Waals surface area contributed by atoms with E-state index in [1.807, 2.05) is 41.3 Å². The molecule has 28 heavy (non-hydrogen) atoms. The van der Waals surface area contributed by atoms with Crippen molar-refractivity contribution in [2.24, 2.45) is 10.7 Å². The highest BCUT2D eigenvalue weighted by Gasteiger charge is 2.18. The predicted molar refractivity (Wildman–Crippen MR) is 113 cm³/mol. The van der Waals surface area contributed by atoms with Gasteiger partial charge < -0.3 is 15.7 Å². The molecule has 0 saturated carbocycles. The fourth-order valence-electron chi connectivity index (χ4n) is 3.56. The maximum Gasteiger partial charge on any atom is 0.130 e. The lowest BCUT2D eigenvalue weighted by Crippen LogP contribution is -2.36. The Morgan fingerprint density at radius 1 is 1.25 bits per heavy atom. The van der Waals surface area contributed by atoms with Crippen LogP contribution in [0.4, 0.5) is 5.82 Å². The SMILES string of the molecule is CN=C/C(=C\N)c1ccc2cnn(-c3ccnc(N4CCC(O)CC4)c3)c2c1. The van der Waals surface area contributed by atoms with Crippen molar-refractivity contribution in [1.29, 1.82) is 0 Å². The van der Waals surface area contributed by atoms with Gasteiger partial charge in [-0.05, 0) is 30.5 Å². The molecule has 1 fully saturated rings. The minimum absolute atomic E-state index is 0.204. The monoisotopic (exact) mass is 376 g/mol. The lowest BCUT2D eigenvalue weighted by Gasteiger charge is -2.30. The highest BCUT2D eigenvalue weighted by atomic mass is 16.3. The van der Waals surface area contributed by atoms with Crippen LogP contribution in [0.2, 0.25) is 0 Å². The van der Waals surface area contributed by atoms with Crippen molar-refractivity contribution in [1.82, 2.24) is 14.8 Å². The second kappa shape index (κ2) is 7.82. The molecule has 0 spiro atoms. The lowest BCUT2D eigenvalue weighted by atomic mass is 10.1. The van der Waals surface area contributed by atoms with Crippen molar-refractivity contribution >= 4 is 28.5 Å². The van der Waals surface area contributed by atoms with E-state index in [0.717, 1.165) is 59.5 Å². The highest BCUT2D eigenvalue weighted by Crippen LogP contribution is 2.25. The molecule has 0 atom stereocenters. The zero-order chi connectivity index (χ0) is 19.5. The van der Waals surface area contributed by atoms with Crippen LogP contribution >= 0.6 is 0 Å². The standard InChI is InChI=1S/C21H24N6O/c1-23-13-17(12-22)15-2-3-16-14-25-27(20(16)10-15)18-4-7-24-21(11-18)26-8-5-19(28)6-9-26/h2-4,7,10-14,19,28H,5-6,8-9,22H2,1H3/b17-12+,23-13?. The fraction of sp³-hybridized carbons (Fsp3) is 0.286. The summed E-state index contributed by atoms with van der Waals surface area (Å²) in [4.78, 5) is 10.8. The summed E-state index contributed by atoms with van der Waals surface area (Å²) < 4.78 is 1.92. The molecule has 3 aromatic rings. The number of piperidine rings is 1. The smallest absolute Gasteiger partial charge is 0.130 e. The van der Waals surface area contributed by atoms with Crippen LogP contribution < -0.4 is 10.6 Å². The molecule has 0 radical (unpaired) electrons. The van der Waals surface area contributed by atoms with Crippen LogP contribution in [0.25, 0.3) is 22.2 Å². The number of nitrogens with two attached hydrogens (primary N) is 1. The van der Waals surface area contributed by atoms with E-state index < -0.39 is 0 Å². The van der Waals surface area contributed by atoms with Gasteiger partial charge >= 0.3 is 0 Å². The molecule has 0 amide bonds. The molecule has 1 aliphatic rings. The summed E-state index contributed by atoms with van der Waals surface area (Å²) in [6, 6.07) is 10.1. The molecule has 4 rings (SSSR count). The number of nitrogens with zero attached hydrogens (tertiary/aromatic N) is 5.